The fraction of sp³-hybridized carbons (Fsp3) is 0.294. The normalized spacial score (nSPS) is 15.5. The summed E-state index contributed by atoms with van der Waals surface area (Å²) in [7, 11) is 0. The van der Waals surface area contributed by atoms with Crippen molar-refractivity contribution in [2.24, 2.45) is 0 Å². The number of anilines is 1. The third-order valence-corrected chi connectivity index (χ3v) is 4.09. The lowest BCUT2D eigenvalue weighted by Crippen LogP contribution is -2.50. The molecule has 1 amide bonds. The average Bonchev–Trinajstić information content (AvgIpc) is 2.58. The molecule has 0 unspecified atom stereocenters. The number of halogens is 5. The van der Waals surface area contributed by atoms with Crippen molar-refractivity contribution in [2.75, 3.05) is 24.5 Å². The van der Waals surface area contributed by atoms with E-state index in [-0.39, 0.29) is 43.3 Å². The molecule has 0 aliphatic carbocycles. The molecule has 9 heteroatoms. The zero-order chi connectivity index (χ0) is 18.9. The van der Waals surface area contributed by atoms with Gasteiger partial charge < -0.3 is 9.80 Å². The van der Waals surface area contributed by atoms with Crippen LogP contribution in [0.15, 0.2) is 36.5 Å². The first-order valence-corrected chi connectivity index (χ1v) is 7.74. The monoisotopic (exact) mass is 371 g/mol. The van der Waals surface area contributed by atoms with E-state index in [9.17, 15) is 26.7 Å². The molecule has 1 aliphatic rings. The zero-order valence-corrected chi connectivity index (χ0v) is 13.4. The molecule has 0 atom stereocenters. The molecule has 1 fully saturated rings. The third-order valence-electron chi connectivity index (χ3n) is 4.09. The molecule has 3 rings (SSSR count). The SMILES string of the molecule is O=C1CN(c2ccnc(C(F)(F)F)c2)CCN1Cc1ccc(F)cc1F. The number of carbonyl (C=O) groups is 1. The molecule has 0 spiro atoms. The fourth-order valence-corrected chi connectivity index (χ4v) is 2.72. The van der Waals surface area contributed by atoms with E-state index in [2.05, 4.69) is 4.98 Å². The van der Waals surface area contributed by atoms with E-state index in [4.69, 9.17) is 0 Å². The van der Waals surface area contributed by atoms with Crippen molar-refractivity contribution in [3.63, 3.8) is 0 Å². The number of carbonyl (C=O) groups excluding carboxylic acids is 1. The van der Waals surface area contributed by atoms with Gasteiger partial charge in [0.25, 0.3) is 0 Å². The smallest absolute Gasteiger partial charge is 0.360 e. The van der Waals surface area contributed by atoms with Gasteiger partial charge in [-0.15, -0.1) is 0 Å². The second-order valence-electron chi connectivity index (χ2n) is 5.87. The van der Waals surface area contributed by atoms with Crippen LogP contribution in [0.25, 0.3) is 0 Å². The first kappa shape index (κ1) is 18.1. The highest BCUT2D eigenvalue weighted by Gasteiger charge is 2.33. The van der Waals surface area contributed by atoms with Crippen LogP contribution in [0.1, 0.15) is 11.3 Å². The van der Waals surface area contributed by atoms with Crippen LogP contribution in [0.4, 0.5) is 27.6 Å². The lowest BCUT2D eigenvalue weighted by atomic mass is 10.1. The third kappa shape index (κ3) is 3.92. The van der Waals surface area contributed by atoms with Crippen molar-refractivity contribution >= 4 is 11.6 Å². The molecular weight excluding hydrogens is 357 g/mol. The molecule has 26 heavy (non-hydrogen) atoms. The number of pyridine rings is 1. The quantitative estimate of drug-likeness (QED) is 0.778. The fourth-order valence-electron chi connectivity index (χ4n) is 2.72. The molecule has 2 aromatic rings. The Balaban J connectivity index is 1.70. The zero-order valence-electron chi connectivity index (χ0n) is 13.4. The highest BCUT2D eigenvalue weighted by Crippen LogP contribution is 2.30. The molecule has 1 saturated heterocycles. The molecule has 0 bridgehead atoms. The maximum atomic E-state index is 13.7. The molecule has 2 heterocycles. The van der Waals surface area contributed by atoms with Gasteiger partial charge >= 0.3 is 6.18 Å². The van der Waals surface area contributed by atoms with E-state index in [1.165, 1.54) is 21.9 Å². The molecule has 0 radical (unpaired) electrons. The summed E-state index contributed by atoms with van der Waals surface area (Å²) < 4.78 is 65.0. The minimum absolute atomic E-state index is 0.0249. The highest BCUT2D eigenvalue weighted by molar-refractivity contribution is 5.82. The number of piperazine rings is 1. The lowest BCUT2D eigenvalue weighted by molar-refractivity contribution is -0.141. The van der Waals surface area contributed by atoms with E-state index in [1.54, 1.807) is 0 Å². The molecule has 0 saturated carbocycles. The number of nitrogens with zero attached hydrogens (tertiary/aromatic N) is 3. The second-order valence-corrected chi connectivity index (χ2v) is 5.87. The maximum absolute atomic E-state index is 13.7. The summed E-state index contributed by atoms with van der Waals surface area (Å²) in [6.07, 6.45) is -3.52. The Kier molecular flexibility index (Phi) is 4.80. The summed E-state index contributed by atoms with van der Waals surface area (Å²) in [4.78, 5) is 18.5. The first-order valence-electron chi connectivity index (χ1n) is 7.74. The number of alkyl halides is 3. The average molecular weight is 371 g/mol. The number of benzene rings is 1. The molecule has 1 aliphatic heterocycles. The summed E-state index contributed by atoms with van der Waals surface area (Å²) in [6.45, 7) is 0.336. The van der Waals surface area contributed by atoms with E-state index in [0.29, 0.717) is 0 Å². The van der Waals surface area contributed by atoms with Crippen LogP contribution in [-0.2, 0) is 17.5 Å². The van der Waals surface area contributed by atoms with Crippen molar-refractivity contribution in [1.29, 1.82) is 0 Å². The van der Waals surface area contributed by atoms with Crippen molar-refractivity contribution in [2.45, 2.75) is 12.7 Å². The Morgan fingerprint density at radius 3 is 2.50 bits per heavy atom. The van der Waals surface area contributed by atoms with Crippen LogP contribution in [-0.4, -0.2) is 35.4 Å². The van der Waals surface area contributed by atoms with Crippen molar-refractivity contribution in [1.82, 2.24) is 9.88 Å². The van der Waals surface area contributed by atoms with Gasteiger partial charge in [-0.1, -0.05) is 6.07 Å². The topological polar surface area (TPSA) is 36.4 Å². The maximum Gasteiger partial charge on any atom is 0.433 e. The Morgan fingerprint density at radius 1 is 1.08 bits per heavy atom. The molecule has 4 nitrogen and oxygen atoms in total. The van der Waals surface area contributed by atoms with Gasteiger partial charge in [0.1, 0.15) is 17.3 Å². The Labute approximate surface area is 145 Å². The largest absolute Gasteiger partial charge is 0.433 e. The summed E-state index contributed by atoms with van der Waals surface area (Å²) in [5.74, 6) is -1.81. The summed E-state index contributed by atoms with van der Waals surface area (Å²) in [5.41, 5.74) is -0.608. The first-order chi connectivity index (χ1) is 12.2. The highest BCUT2D eigenvalue weighted by atomic mass is 19.4. The van der Waals surface area contributed by atoms with Gasteiger partial charge in [0.15, 0.2) is 0 Å². The van der Waals surface area contributed by atoms with Crippen LogP contribution < -0.4 is 4.90 Å². The molecule has 1 aromatic heterocycles. The van der Waals surface area contributed by atoms with E-state index < -0.39 is 23.5 Å². The van der Waals surface area contributed by atoms with Crippen LogP contribution in [0.3, 0.4) is 0 Å². The number of rotatable bonds is 3. The molecule has 1 aromatic carbocycles. The van der Waals surface area contributed by atoms with Crippen molar-refractivity contribution in [3.05, 3.63) is 59.4 Å². The summed E-state index contributed by atoms with van der Waals surface area (Å²) in [5, 5.41) is 0. The summed E-state index contributed by atoms with van der Waals surface area (Å²) >= 11 is 0. The lowest BCUT2D eigenvalue weighted by Gasteiger charge is -2.35. The minimum atomic E-state index is -4.57. The number of amides is 1. The van der Waals surface area contributed by atoms with E-state index >= 15 is 0 Å². The molecular formula is C17H14F5N3O. The molecule has 0 N–H and O–H groups in total. The predicted octanol–water partition coefficient (Wildman–Crippen LogP) is 3.23. The van der Waals surface area contributed by atoms with E-state index in [0.717, 1.165) is 24.4 Å². The van der Waals surface area contributed by atoms with Crippen LogP contribution in [0.2, 0.25) is 0 Å². The van der Waals surface area contributed by atoms with Crippen LogP contribution in [0, 0.1) is 11.6 Å². The van der Waals surface area contributed by atoms with Gasteiger partial charge in [0.05, 0.1) is 6.54 Å². The van der Waals surface area contributed by atoms with Crippen molar-refractivity contribution < 1.29 is 26.7 Å². The standard InChI is InChI=1S/C17H14F5N3O/c18-12-2-1-11(14(19)7-12)9-25-6-5-24(10-16(25)26)13-3-4-23-15(8-13)17(20,21)22/h1-4,7-8H,5-6,9-10H2. The molecule has 138 valence electrons. The minimum Gasteiger partial charge on any atom is -0.360 e. The van der Waals surface area contributed by atoms with Crippen LogP contribution >= 0.6 is 0 Å². The van der Waals surface area contributed by atoms with Gasteiger partial charge in [-0.25, -0.2) is 8.78 Å². The van der Waals surface area contributed by atoms with Crippen LogP contribution in [0.5, 0.6) is 0 Å². The Bertz CT molecular complexity index is 824. The van der Waals surface area contributed by atoms with Crippen molar-refractivity contribution in [3.8, 4) is 0 Å². The van der Waals surface area contributed by atoms with Gasteiger partial charge in [0, 0.05) is 43.1 Å². The van der Waals surface area contributed by atoms with Gasteiger partial charge in [-0.2, -0.15) is 13.2 Å². The number of hydrogen-bond acceptors (Lipinski definition) is 3. The number of hydrogen-bond donors (Lipinski definition) is 0. The van der Waals surface area contributed by atoms with Gasteiger partial charge in [-0.3, -0.25) is 9.78 Å². The van der Waals surface area contributed by atoms with Gasteiger partial charge in [0.2, 0.25) is 5.91 Å². The second kappa shape index (κ2) is 6.89. The predicted molar refractivity (Wildman–Crippen MR) is 83.2 cm³/mol. The van der Waals surface area contributed by atoms with E-state index in [1.807, 2.05) is 0 Å². The Morgan fingerprint density at radius 2 is 1.85 bits per heavy atom. The van der Waals surface area contributed by atoms with Gasteiger partial charge in [-0.05, 0) is 18.2 Å². The summed E-state index contributed by atoms with van der Waals surface area (Å²) in [6, 6.07) is 5.41. The Hall–Kier alpha value is -2.71. The number of aromatic nitrogens is 1.